The highest BCUT2D eigenvalue weighted by atomic mass is 16.3. The normalized spacial score (nSPS) is 9.89. The zero-order valence-corrected chi connectivity index (χ0v) is 10.2. The third-order valence-electron chi connectivity index (χ3n) is 2.39. The summed E-state index contributed by atoms with van der Waals surface area (Å²) in [6.07, 6.45) is 0.494. The molecule has 1 aromatic carbocycles. The monoisotopic (exact) mass is 251 g/mol. The van der Waals surface area contributed by atoms with Gasteiger partial charge in [0, 0.05) is 24.4 Å². The first-order valence-corrected chi connectivity index (χ1v) is 5.60. The molecule has 0 aromatic heterocycles. The Bertz CT molecular complexity index is 446. The van der Waals surface area contributed by atoms with Crippen molar-refractivity contribution in [2.45, 2.75) is 13.3 Å². The standard InChI is InChI=1S/C12H17N3O3/c1-8-3-4-9(11(13)17)7-10(8)15-12(18)14-5-2-6-16/h3-4,7,16H,2,5-6H2,1H3,(H2,13,17)(H2,14,15,18). The van der Waals surface area contributed by atoms with Gasteiger partial charge in [-0.1, -0.05) is 6.07 Å². The summed E-state index contributed by atoms with van der Waals surface area (Å²) in [5.41, 5.74) is 6.87. The summed E-state index contributed by atoms with van der Waals surface area (Å²) in [7, 11) is 0. The van der Waals surface area contributed by atoms with Gasteiger partial charge in [-0.2, -0.15) is 0 Å². The Morgan fingerprint density at radius 2 is 2.11 bits per heavy atom. The van der Waals surface area contributed by atoms with Gasteiger partial charge in [-0.05, 0) is 31.0 Å². The van der Waals surface area contributed by atoms with E-state index in [-0.39, 0.29) is 12.6 Å². The number of primary amides is 1. The van der Waals surface area contributed by atoms with Gasteiger partial charge in [0.05, 0.1) is 0 Å². The average Bonchev–Trinajstić information content (AvgIpc) is 2.32. The number of carbonyl (C=O) groups excluding carboxylic acids is 2. The topological polar surface area (TPSA) is 104 Å². The highest BCUT2D eigenvalue weighted by Crippen LogP contribution is 2.16. The van der Waals surface area contributed by atoms with Crippen molar-refractivity contribution in [2.24, 2.45) is 5.73 Å². The van der Waals surface area contributed by atoms with Crippen LogP contribution in [0.4, 0.5) is 10.5 Å². The molecule has 6 heteroatoms. The summed E-state index contributed by atoms with van der Waals surface area (Å²) in [6, 6.07) is 4.47. The Morgan fingerprint density at radius 3 is 2.72 bits per heavy atom. The van der Waals surface area contributed by atoms with E-state index in [2.05, 4.69) is 10.6 Å². The van der Waals surface area contributed by atoms with E-state index >= 15 is 0 Å². The summed E-state index contributed by atoms with van der Waals surface area (Å²) in [5, 5.41) is 13.8. The van der Waals surface area contributed by atoms with Crippen LogP contribution in [0.2, 0.25) is 0 Å². The fourth-order valence-electron chi connectivity index (χ4n) is 1.36. The van der Waals surface area contributed by atoms with Gasteiger partial charge in [0.1, 0.15) is 0 Å². The predicted octanol–water partition coefficient (Wildman–Crippen LogP) is 0.598. The zero-order valence-electron chi connectivity index (χ0n) is 10.2. The van der Waals surface area contributed by atoms with Gasteiger partial charge >= 0.3 is 6.03 Å². The minimum Gasteiger partial charge on any atom is -0.396 e. The molecule has 0 spiro atoms. The molecule has 6 nitrogen and oxygen atoms in total. The lowest BCUT2D eigenvalue weighted by molar-refractivity contribution is 0.1000. The highest BCUT2D eigenvalue weighted by Gasteiger charge is 2.07. The van der Waals surface area contributed by atoms with E-state index < -0.39 is 5.91 Å². The van der Waals surface area contributed by atoms with Crippen LogP contribution in [-0.2, 0) is 0 Å². The number of nitrogens with two attached hydrogens (primary N) is 1. The first-order chi connectivity index (χ1) is 8.54. The molecule has 0 radical (unpaired) electrons. The first-order valence-electron chi connectivity index (χ1n) is 5.60. The molecule has 1 aromatic rings. The third kappa shape index (κ3) is 4.06. The van der Waals surface area contributed by atoms with Gasteiger partial charge in [0.2, 0.25) is 5.91 Å². The molecule has 0 aliphatic rings. The summed E-state index contributed by atoms with van der Waals surface area (Å²) < 4.78 is 0. The largest absolute Gasteiger partial charge is 0.396 e. The van der Waals surface area contributed by atoms with Gasteiger partial charge in [-0.25, -0.2) is 4.79 Å². The van der Waals surface area contributed by atoms with Gasteiger partial charge in [-0.15, -0.1) is 0 Å². The van der Waals surface area contributed by atoms with E-state index in [0.717, 1.165) is 5.56 Å². The maximum Gasteiger partial charge on any atom is 0.319 e. The summed E-state index contributed by atoms with van der Waals surface area (Å²) >= 11 is 0. The lowest BCUT2D eigenvalue weighted by Gasteiger charge is -2.10. The molecule has 0 unspecified atom stereocenters. The fourth-order valence-corrected chi connectivity index (χ4v) is 1.36. The molecular weight excluding hydrogens is 234 g/mol. The highest BCUT2D eigenvalue weighted by molar-refractivity contribution is 5.96. The van der Waals surface area contributed by atoms with Gasteiger partial charge in [0.25, 0.3) is 0 Å². The molecule has 0 saturated heterocycles. The van der Waals surface area contributed by atoms with Crippen LogP contribution >= 0.6 is 0 Å². The van der Waals surface area contributed by atoms with Crippen LogP contribution in [0.1, 0.15) is 22.3 Å². The first kappa shape index (κ1) is 14.0. The van der Waals surface area contributed by atoms with E-state index in [1.165, 1.54) is 6.07 Å². The number of aryl methyl sites for hydroxylation is 1. The Balaban J connectivity index is 2.68. The number of amides is 3. The molecule has 0 bridgehead atoms. The molecule has 98 valence electrons. The van der Waals surface area contributed by atoms with Crippen LogP contribution in [0.25, 0.3) is 0 Å². The lowest BCUT2D eigenvalue weighted by atomic mass is 10.1. The maximum absolute atomic E-state index is 11.5. The summed E-state index contributed by atoms with van der Waals surface area (Å²) in [5.74, 6) is -0.543. The van der Waals surface area contributed by atoms with E-state index in [1.807, 2.05) is 6.92 Å². The molecule has 0 saturated carbocycles. The van der Waals surface area contributed by atoms with E-state index in [9.17, 15) is 9.59 Å². The fraction of sp³-hybridized carbons (Fsp3) is 0.333. The maximum atomic E-state index is 11.5. The van der Waals surface area contributed by atoms with Crippen LogP contribution < -0.4 is 16.4 Å². The molecule has 1 rings (SSSR count). The van der Waals surface area contributed by atoms with E-state index in [4.69, 9.17) is 10.8 Å². The van der Waals surface area contributed by atoms with Gasteiger partial charge in [-0.3, -0.25) is 4.79 Å². The predicted molar refractivity (Wildman–Crippen MR) is 68.4 cm³/mol. The number of nitrogens with one attached hydrogen (secondary N) is 2. The number of carbonyl (C=O) groups is 2. The smallest absolute Gasteiger partial charge is 0.319 e. The van der Waals surface area contributed by atoms with E-state index in [1.54, 1.807) is 12.1 Å². The minimum atomic E-state index is -0.543. The number of anilines is 1. The number of rotatable bonds is 5. The van der Waals surface area contributed by atoms with Gasteiger partial charge in [0.15, 0.2) is 0 Å². The zero-order chi connectivity index (χ0) is 13.5. The third-order valence-corrected chi connectivity index (χ3v) is 2.39. The molecule has 18 heavy (non-hydrogen) atoms. The van der Waals surface area contributed by atoms with Crippen LogP contribution in [0, 0.1) is 6.92 Å². The average molecular weight is 251 g/mol. The number of benzene rings is 1. The number of aliphatic hydroxyl groups is 1. The quantitative estimate of drug-likeness (QED) is 0.576. The molecular formula is C12H17N3O3. The number of hydrogen-bond donors (Lipinski definition) is 4. The SMILES string of the molecule is Cc1ccc(C(N)=O)cc1NC(=O)NCCCO. The second-order valence-electron chi connectivity index (χ2n) is 3.85. The minimum absolute atomic E-state index is 0.0243. The van der Waals surface area contributed by atoms with Crippen molar-refractivity contribution < 1.29 is 14.7 Å². The van der Waals surface area contributed by atoms with Crippen LogP contribution in [0.3, 0.4) is 0 Å². The van der Waals surface area contributed by atoms with Crippen molar-refractivity contribution in [3.05, 3.63) is 29.3 Å². The molecule has 0 heterocycles. The number of hydrogen-bond acceptors (Lipinski definition) is 3. The number of urea groups is 1. The lowest BCUT2D eigenvalue weighted by Crippen LogP contribution is -2.30. The summed E-state index contributed by atoms with van der Waals surface area (Å²) in [4.78, 5) is 22.5. The Morgan fingerprint density at radius 1 is 1.39 bits per heavy atom. The van der Waals surface area contributed by atoms with Gasteiger partial charge < -0.3 is 21.5 Å². The molecule has 0 aliphatic carbocycles. The van der Waals surface area contributed by atoms with Crippen molar-refractivity contribution in [1.82, 2.24) is 5.32 Å². The van der Waals surface area contributed by atoms with Crippen LogP contribution in [0.5, 0.6) is 0 Å². The Labute approximate surface area is 105 Å². The van der Waals surface area contributed by atoms with Crippen molar-refractivity contribution in [3.8, 4) is 0 Å². The molecule has 0 aliphatic heterocycles. The Hall–Kier alpha value is -2.08. The second-order valence-corrected chi connectivity index (χ2v) is 3.85. The molecule has 0 atom stereocenters. The van der Waals surface area contributed by atoms with Crippen LogP contribution in [0.15, 0.2) is 18.2 Å². The summed E-state index contributed by atoms with van der Waals surface area (Å²) in [6.45, 7) is 2.22. The molecule has 5 N–H and O–H groups in total. The van der Waals surface area contributed by atoms with Crippen molar-refractivity contribution in [3.63, 3.8) is 0 Å². The molecule has 3 amide bonds. The Kier molecular flexibility index (Phi) is 5.13. The van der Waals surface area contributed by atoms with Crippen LogP contribution in [-0.4, -0.2) is 30.2 Å². The van der Waals surface area contributed by atoms with E-state index in [0.29, 0.717) is 24.2 Å². The second kappa shape index (κ2) is 6.61. The number of aliphatic hydroxyl groups excluding tert-OH is 1. The van der Waals surface area contributed by atoms with Crippen molar-refractivity contribution >= 4 is 17.6 Å². The molecule has 0 fully saturated rings. The van der Waals surface area contributed by atoms with Crippen molar-refractivity contribution in [1.29, 1.82) is 0 Å². The van der Waals surface area contributed by atoms with Crippen molar-refractivity contribution in [2.75, 3.05) is 18.5 Å².